The van der Waals surface area contributed by atoms with Crippen molar-refractivity contribution in [1.29, 1.82) is 0 Å². The quantitative estimate of drug-likeness (QED) is 0.503. The first-order chi connectivity index (χ1) is 5.81. The first-order valence-corrected chi connectivity index (χ1v) is 5.04. The molecule has 1 heterocycles. The minimum atomic E-state index is 0.637. The Morgan fingerprint density at radius 2 is 2.00 bits per heavy atom. The summed E-state index contributed by atoms with van der Waals surface area (Å²) in [6.07, 6.45) is 9.04. The van der Waals surface area contributed by atoms with Gasteiger partial charge in [0.05, 0.1) is 0 Å². The van der Waals surface area contributed by atoms with Gasteiger partial charge in [-0.1, -0.05) is 11.6 Å². The molecule has 0 saturated carbocycles. The molecule has 1 aliphatic carbocycles. The van der Waals surface area contributed by atoms with Crippen LogP contribution in [0.4, 0.5) is 0 Å². The van der Waals surface area contributed by atoms with E-state index < -0.39 is 0 Å². The minimum Gasteiger partial charge on any atom is -0.381 e. The highest BCUT2D eigenvalue weighted by molar-refractivity contribution is 5.07. The maximum absolute atomic E-state index is 5.40. The highest BCUT2D eigenvalue weighted by Crippen LogP contribution is 2.43. The summed E-state index contributed by atoms with van der Waals surface area (Å²) in [7, 11) is 0. The lowest BCUT2D eigenvalue weighted by Crippen LogP contribution is -2.30. The van der Waals surface area contributed by atoms with Gasteiger partial charge in [0.15, 0.2) is 0 Å². The van der Waals surface area contributed by atoms with E-state index >= 15 is 0 Å². The van der Waals surface area contributed by atoms with Crippen LogP contribution in [0.2, 0.25) is 0 Å². The third-order valence-corrected chi connectivity index (χ3v) is 3.49. The first-order valence-electron chi connectivity index (χ1n) is 5.04. The number of hydrogen-bond donors (Lipinski definition) is 0. The first kappa shape index (κ1) is 8.31. The van der Waals surface area contributed by atoms with Crippen LogP contribution < -0.4 is 0 Å². The second-order valence-electron chi connectivity index (χ2n) is 4.37. The SMILES string of the molecule is CC1=CCC2(CCOCC2)CC1. The van der Waals surface area contributed by atoms with Crippen molar-refractivity contribution in [3.05, 3.63) is 11.6 Å². The van der Waals surface area contributed by atoms with E-state index in [0.717, 1.165) is 13.2 Å². The Kier molecular flexibility index (Phi) is 2.22. The lowest BCUT2D eigenvalue weighted by Gasteiger charge is -2.39. The average Bonchev–Trinajstić information content (AvgIpc) is 2.13. The molecule has 2 aliphatic rings. The van der Waals surface area contributed by atoms with E-state index in [0.29, 0.717) is 5.41 Å². The number of rotatable bonds is 0. The van der Waals surface area contributed by atoms with Crippen LogP contribution in [-0.2, 0) is 4.74 Å². The van der Waals surface area contributed by atoms with E-state index in [1.165, 1.54) is 32.1 Å². The van der Waals surface area contributed by atoms with E-state index in [1.807, 2.05) is 0 Å². The van der Waals surface area contributed by atoms with Gasteiger partial charge in [0, 0.05) is 13.2 Å². The number of ether oxygens (including phenoxy) is 1. The van der Waals surface area contributed by atoms with Crippen molar-refractivity contribution in [3.8, 4) is 0 Å². The van der Waals surface area contributed by atoms with Crippen LogP contribution in [0.3, 0.4) is 0 Å². The van der Waals surface area contributed by atoms with Crippen molar-refractivity contribution < 1.29 is 4.74 Å². The molecule has 0 amide bonds. The van der Waals surface area contributed by atoms with Gasteiger partial charge in [-0.25, -0.2) is 0 Å². The molecule has 68 valence electrons. The van der Waals surface area contributed by atoms with Crippen molar-refractivity contribution in [1.82, 2.24) is 0 Å². The summed E-state index contributed by atoms with van der Waals surface area (Å²) in [6.45, 7) is 4.24. The molecule has 0 atom stereocenters. The second-order valence-corrected chi connectivity index (χ2v) is 4.37. The van der Waals surface area contributed by atoms with Crippen molar-refractivity contribution in [2.75, 3.05) is 13.2 Å². The molecule has 1 spiro atoms. The van der Waals surface area contributed by atoms with Gasteiger partial charge in [-0.05, 0) is 44.4 Å². The fourth-order valence-electron chi connectivity index (χ4n) is 2.32. The topological polar surface area (TPSA) is 9.23 Å². The average molecular weight is 166 g/mol. The van der Waals surface area contributed by atoms with Crippen LogP contribution in [0.15, 0.2) is 11.6 Å². The second kappa shape index (κ2) is 3.21. The molecule has 0 N–H and O–H groups in total. The number of hydrogen-bond acceptors (Lipinski definition) is 1. The predicted octanol–water partition coefficient (Wildman–Crippen LogP) is 2.91. The summed E-state index contributed by atoms with van der Waals surface area (Å²) in [6, 6.07) is 0. The normalized spacial score (nSPS) is 28.6. The van der Waals surface area contributed by atoms with Gasteiger partial charge >= 0.3 is 0 Å². The van der Waals surface area contributed by atoms with Crippen molar-refractivity contribution >= 4 is 0 Å². The Balaban J connectivity index is 2.02. The monoisotopic (exact) mass is 166 g/mol. The molecule has 1 saturated heterocycles. The molecule has 0 aromatic carbocycles. The molecule has 2 rings (SSSR count). The van der Waals surface area contributed by atoms with Gasteiger partial charge < -0.3 is 4.74 Å². The van der Waals surface area contributed by atoms with Gasteiger partial charge in [0.1, 0.15) is 0 Å². The van der Waals surface area contributed by atoms with Crippen molar-refractivity contribution in [2.45, 2.75) is 39.0 Å². The molecule has 12 heavy (non-hydrogen) atoms. The molecule has 0 unspecified atom stereocenters. The summed E-state index contributed by atoms with van der Waals surface area (Å²) in [5.74, 6) is 0. The lowest BCUT2D eigenvalue weighted by atomic mass is 9.70. The van der Waals surface area contributed by atoms with E-state index in [-0.39, 0.29) is 0 Å². The maximum Gasteiger partial charge on any atom is 0.0471 e. The zero-order chi connectivity index (χ0) is 8.44. The Hall–Kier alpha value is -0.300. The summed E-state index contributed by atoms with van der Waals surface area (Å²) in [5.41, 5.74) is 2.23. The van der Waals surface area contributed by atoms with Gasteiger partial charge in [0.2, 0.25) is 0 Å². The van der Waals surface area contributed by atoms with Gasteiger partial charge in [-0.3, -0.25) is 0 Å². The minimum absolute atomic E-state index is 0.637. The third kappa shape index (κ3) is 1.56. The molecule has 1 aliphatic heterocycles. The Morgan fingerprint density at radius 3 is 2.58 bits per heavy atom. The highest BCUT2D eigenvalue weighted by atomic mass is 16.5. The standard InChI is InChI=1S/C11H18O/c1-10-2-4-11(5-3-10)6-8-12-9-7-11/h2H,3-9H2,1H3. The van der Waals surface area contributed by atoms with Gasteiger partial charge in [-0.2, -0.15) is 0 Å². The highest BCUT2D eigenvalue weighted by Gasteiger charge is 2.32. The van der Waals surface area contributed by atoms with Crippen LogP contribution in [0.1, 0.15) is 39.0 Å². The molecule has 0 bridgehead atoms. The smallest absolute Gasteiger partial charge is 0.0471 e. The van der Waals surface area contributed by atoms with E-state index in [2.05, 4.69) is 13.0 Å². The molecule has 1 nitrogen and oxygen atoms in total. The van der Waals surface area contributed by atoms with Gasteiger partial charge in [0.25, 0.3) is 0 Å². The molecule has 0 aromatic rings. The largest absolute Gasteiger partial charge is 0.381 e. The van der Waals surface area contributed by atoms with Crippen LogP contribution in [-0.4, -0.2) is 13.2 Å². The van der Waals surface area contributed by atoms with E-state index in [1.54, 1.807) is 5.57 Å². The molecule has 1 fully saturated rings. The molecular weight excluding hydrogens is 148 g/mol. The Morgan fingerprint density at radius 1 is 1.25 bits per heavy atom. The zero-order valence-electron chi connectivity index (χ0n) is 7.94. The third-order valence-electron chi connectivity index (χ3n) is 3.49. The Bertz CT molecular complexity index is 187. The van der Waals surface area contributed by atoms with Crippen LogP contribution in [0.5, 0.6) is 0 Å². The summed E-state index contributed by atoms with van der Waals surface area (Å²) < 4.78 is 5.40. The lowest BCUT2D eigenvalue weighted by molar-refractivity contribution is 0.00940. The predicted molar refractivity (Wildman–Crippen MR) is 50.1 cm³/mol. The molecule has 0 radical (unpaired) electrons. The number of allylic oxidation sites excluding steroid dienone is 2. The summed E-state index contributed by atoms with van der Waals surface area (Å²) >= 11 is 0. The van der Waals surface area contributed by atoms with Gasteiger partial charge in [-0.15, -0.1) is 0 Å². The van der Waals surface area contributed by atoms with E-state index in [9.17, 15) is 0 Å². The van der Waals surface area contributed by atoms with E-state index in [4.69, 9.17) is 4.74 Å². The molecule has 1 heteroatoms. The molecular formula is C11H18O. The fraction of sp³-hybridized carbons (Fsp3) is 0.818. The zero-order valence-corrected chi connectivity index (χ0v) is 7.94. The summed E-state index contributed by atoms with van der Waals surface area (Å²) in [4.78, 5) is 0. The summed E-state index contributed by atoms with van der Waals surface area (Å²) in [5, 5.41) is 0. The van der Waals surface area contributed by atoms with Crippen LogP contribution in [0.25, 0.3) is 0 Å². The fourth-order valence-corrected chi connectivity index (χ4v) is 2.32. The Labute approximate surface area is 74.8 Å². The van der Waals surface area contributed by atoms with Crippen molar-refractivity contribution in [2.24, 2.45) is 5.41 Å². The maximum atomic E-state index is 5.40. The van der Waals surface area contributed by atoms with Crippen molar-refractivity contribution in [3.63, 3.8) is 0 Å². The van der Waals surface area contributed by atoms with Crippen LogP contribution in [0, 0.1) is 5.41 Å². The van der Waals surface area contributed by atoms with Crippen LogP contribution >= 0.6 is 0 Å². The molecule has 0 aromatic heterocycles.